The molecule has 124 valence electrons. The highest BCUT2D eigenvalue weighted by molar-refractivity contribution is 5.89. The van der Waals surface area contributed by atoms with Crippen molar-refractivity contribution in [2.75, 3.05) is 0 Å². The molecule has 0 aliphatic carbocycles. The second kappa shape index (κ2) is 8.81. The minimum atomic E-state index is -1.65. The van der Waals surface area contributed by atoms with Gasteiger partial charge in [0.15, 0.2) is 17.5 Å². The lowest BCUT2D eigenvalue weighted by Crippen LogP contribution is -2.20. The fourth-order valence-electron chi connectivity index (χ4n) is 2.36. The van der Waals surface area contributed by atoms with Gasteiger partial charge in [0.25, 0.3) is 0 Å². The molecule has 0 spiro atoms. The van der Waals surface area contributed by atoms with E-state index in [1.807, 2.05) is 6.92 Å². The second-order valence-corrected chi connectivity index (χ2v) is 5.42. The summed E-state index contributed by atoms with van der Waals surface area (Å²) in [4.78, 5) is 11.9. The number of carbonyl (C=O) groups excluding carboxylic acids is 1. The Hall–Kier alpha value is -1.52. The first-order valence-corrected chi connectivity index (χ1v) is 7.78. The molecule has 0 radical (unpaired) electrons. The maximum atomic E-state index is 13.6. The lowest BCUT2D eigenvalue weighted by atomic mass is 9.95. The third-order valence-electron chi connectivity index (χ3n) is 4.04. The molecular weight excluding hydrogens is 293 g/mol. The van der Waals surface area contributed by atoms with Gasteiger partial charge in [-0.05, 0) is 37.3 Å². The molecule has 0 amide bonds. The number of hydrogen-bond donors (Lipinski definition) is 0. The molecular formula is C17H23F3O2. The van der Waals surface area contributed by atoms with Crippen LogP contribution in [0.2, 0.25) is 0 Å². The van der Waals surface area contributed by atoms with Gasteiger partial charge >= 0.3 is 5.97 Å². The van der Waals surface area contributed by atoms with E-state index in [0.717, 1.165) is 31.4 Å². The van der Waals surface area contributed by atoms with Crippen LogP contribution in [0.3, 0.4) is 0 Å². The Bertz CT molecular complexity index is 499. The average molecular weight is 316 g/mol. The molecule has 1 rings (SSSR count). The minimum absolute atomic E-state index is 0.347. The van der Waals surface area contributed by atoms with Crippen molar-refractivity contribution in [2.24, 2.45) is 5.92 Å². The van der Waals surface area contributed by atoms with E-state index >= 15 is 0 Å². The highest BCUT2D eigenvalue weighted by atomic mass is 19.2. The second-order valence-electron chi connectivity index (χ2n) is 5.42. The third-order valence-corrected chi connectivity index (χ3v) is 4.04. The predicted octanol–water partition coefficient (Wildman–Crippen LogP) is 5.26. The van der Waals surface area contributed by atoms with E-state index in [2.05, 4.69) is 13.8 Å². The van der Waals surface area contributed by atoms with Gasteiger partial charge in [-0.3, -0.25) is 0 Å². The Kier molecular flexibility index (Phi) is 7.42. The Labute approximate surface area is 129 Å². The zero-order chi connectivity index (χ0) is 16.7. The molecule has 0 fully saturated rings. The van der Waals surface area contributed by atoms with E-state index in [9.17, 15) is 18.0 Å². The van der Waals surface area contributed by atoms with E-state index in [-0.39, 0.29) is 6.10 Å². The maximum absolute atomic E-state index is 13.6. The van der Waals surface area contributed by atoms with Crippen molar-refractivity contribution < 1.29 is 22.7 Å². The molecule has 22 heavy (non-hydrogen) atoms. The van der Waals surface area contributed by atoms with Crippen LogP contribution in [0.4, 0.5) is 13.2 Å². The maximum Gasteiger partial charge on any atom is 0.341 e. The standard InChI is InChI=1S/C17H23F3O2/c1-4-11(5-2)7-8-12(6-3)22-17(21)13-9-10-14(18)16(20)15(13)19/h9-12H,4-8H2,1-3H3. The fourth-order valence-corrected chi connectivity index (χ4v) is 2.36. The van der Waals surface area contributed by atoms with Crippen LogP contribution >= 0.6 is 0 Å². The topological polar surface area (TPSA) is 26.3 Å². The summed E-state index contributed by atoms with van der Waals surface area (Å²) in [5, 5.41) is 0. The molecule has 0 aliphatic heterocycles. The van der Waals surface area contributed by atoms with Crippen molar-refractivity contribution in [1.29, 1.82) is 0 Å². The van der Waals surface area contributed by atoms with Gasteiger partial charge in [0.2, 0.25) is 0 Å². The van der Waals surface area contributed by atoms with Crippen LogP contribution in [0, 0.1) is 23.4 Å². The molecule has 0 bridgehead atoms. The largest absolute Gasteiger partial charge is 0.459 e. The summed E-state index contributed by atoms with van der Waals surface area (Å²) in [5.41, 5.74) is -0.570. The van der Waals surface area contributed by atoms with Gasteiger partial charge in [0.1, 0.15) is 6.10 Å². The zero-order valence-electron chi connectivity index (χ0n) is 13.3. The number of hydrogen-bond acceptors (Lipinski definition) is 2. The fraction of sp³-hybridized carbons (Fsp3) is 0.588. The van der Waals surface area contributed by atoms with Crippen LogP contribution in [0.25, 0.3) is 0 Å². The monoisotopic (exact) mass is 316 g/mol. The van der Waals surface area contributed by atoms with Crippen LogP contribution in [0.5, 0.6) is 0 Å². The number of esters is 1. The van der Waals surface area contributed by atoms with Crippen LogP contribution in [-0.4, -0.2) is 12.1 Å². The van der Waals surface area contributed by atoms with E-state index in [1.54, 1.807) is 0 Å². The average Bonchev–Trinajstić information content (AvgIpc) is 2.52. The van der Waals surface area contributed by atoms with Crippen molar-refractivity contribution >= 4 is 5.97 Å². The van der Waals surface area contributed by atoms with Gasteiger partial charge < -0.3 is 4.74 Å². The summed E-state index contributed by atoms with van der Waals surface area (Å²) in [6.07, 6.45) is 3.95. The van der Waals surface area contributed by atoms with E-state index in [1.165, 1.54) is 0 Å². The molecule has 0 aliphatic rings. The minimum Gasteiger partial charge on any atom is -0.459 e. The van der Waals surface area contributed by atoms with Crippen molar-refractivity contribution in [1.82, 2.24) is 0 Å². The first kappa shape index (κ1) is 18.5. The molecule has 0 N–H and O–H groups in total. The third kappa shape index (κ3) is 4.75. The summed E-state index contributed by atoms with van der Waals surface area (Å²) in [6, 6.07) is 1.63. The first-order chi connectivity index (χ1) is 10.4. The first-order valence-electron chi connectivity index (χ1n) is 7.78. The quantitative estimate of drug-likeness (QED) is 0.483. The number of benzene rings is 1. The van der Waals surface area contributed by atoms with Gasteiger partial charge in [0, 0.05) is 0 Å². The summed E-state index contributed by atoms with van der Waals surface area (Å²) in [7, 11) is 0. The Morgan fingerprint density at radius 1 is 1.00 bits per heavy atom. The molecule has 5 heteroatoms. The number of carbonyl (C=O) groups is 1. The normalized spacial score (nSPS) is 12.5. The Balaban J connectivity index is 2.71. The zero-order valence-corrected chi connectivity index (χ0v) is 13.3. The van der Waals surface area contributed by atoms with Gasteiger partial charge in [-0.1, -0.05) is 33.6 Å². The predicted molar refractivity (Wildman–Crippen MR) is 79.1 cm³/mol. The molecule has 0 heterocycles. The molecule has 0 saturated carbocycles. The molecule has 2 nitrogen and oxygen atoms in total. The van der Waals surface area contributed by atoms with Gasteiger partial charge in [-0.2, -0.15) is 0 Å². The summed E-state index contributed by atoms with van der Waals surface area (Å²) >= 11 is 0. The number of halogens is 3. The Morgan fingerprint density at radius 2 is 1.64 bits per heavy atom. The number of ether oxygens (including phenoxy) is 1. The highest BCUT2D eigenvalue weighted by Crippen LogP contribution is 2.21. The SMILES string of the molecule is CCC(CC)CCC(CC)OC(=O)c1ccc(F)c(F)c1F. The molecule has 0 saturated heterocycles. The number of rotatable bonds is 8. The highest BCUT2D eigenvalue weighted by Gasteiger charge is 2.22. The van der Waals surface area contributed by atoms with Crippen molar-refractivity contribution in [3.05, 3.63) is 35.1 Å². The van der Waals surface area contributed by atoms with Crippen LogP contribution in [0.1, 0.15) is 63.2 Å². The summed E-state index contributed by atoms with van der Waals surface area (Å²) in [6.45, 7) is 6.09. The van der Waals surface area contributed by atoms with Crippen LogP contribution in [0.15, 0.2) is 12.1 Å². The van der Waals surface area contributed by atoms with E-state index in [4.69, 9.17) is 4.74 Å². The molecule has 1 aromatic rings. The molecule has 1 aromatic carbocycles. The van der Waals surface area contributed by atoms with Crippen molar-refractivity contribution in [3.8, 4) is 0 Å². The smallest absolute Gasteiger partial charge is 0.341 e. The summed E-state index contributed by atoms with van der Waals surface area (Å²) < 4.78 is 44.8. The summed E-state index contributed by atoms with van der Waals surface area (Å²) in [5.74, 6) is -4.87. The van der Waals surface area contributed by atoms with Gasteiger partial charge in [0.05, 0.1) is 5.56 Å². The van der Waals surface area contributed by atoms with Gasteiger partial charge in [-0.15, -0.1) is 0 Å². The van der Waals surface area contributed by atoms with Crippen molar-refractivity contribution in [2.45, 2.75) is 59.0 Å². The van der Waals surface area contributed by atoms with E-state index in [0.29, 0.717) is 18.8 Å². The molecule has 0 aromatic heterocycles. The van der Waals surface area contributed by atoms with Gasteiger partial charge in [-0.25, -0.2) is 18.0 Å². The lowest BCUT2D eigenvalue weighted by Gasteiger charge is -2.19. The van der Waals surface area contributed by atoms with E-state index < -0.39 is 29.0 Å². The van der Waals surface area contributed by atoms with Crippen molar-refractivity contribution in [3.63, 3.8) is 0 Å². The Morgan fingerprint density at radius 3 is 2.18 bits per heavy atom. The molecule has 1 atom stereocenters. The lowest BCUT2D eigenvalue weighted by molar-refractivity contribution is 0.0250. The molecule has 1 unspecified atom stereocenters. The van der Waals surface area contributed by atoms with Crippen LogP contribution < -0.4 is 0 Å². The van der Waals surface area contributed by atoms with Crippen LogP contribution in [-0.2, 0) is 4.74 Å².